The molecule has 0 radical (unpaired) electrons. The largest absolute Gasteiger partial charge is 0.371 e. The maximum absolute atomic E-state index is 4.31. The molecule has 3 rings (SSSR count). The number of aromatic nitrogens is 2. The third-order valence-electron chi connectivity index (χ3n) is 4.75. The Balaban J connectivity index is 1.57. The molecule has 1 N–H and O–H groups in total. The van der Waals surface area contributed by atoms with Crippen LogP contribution in [0.3, 0.4) is 0 Å². The summed E-state index contributed by atoms with van der Waals surface area (Å²) in [5, 5.41) is 3.54. The lowest BCUT2D eigenvalue weighted by molar-refractivity contribution is 0.525. The first-order valence-electron chi connectivity index (χ1n) is 8.82. The van der Waals surface area contributed by atoms with Crippen LogP contribution in [0.15, 0.2) is 36.7 Å². The summed E-state index contributed by atoms with van der Waals surface area (Å²) in [7, 11) is 0. The van der Waals surface area contributed by atoms with Gasteiger partial charge in [-0.15, -0.1) is 0 Å². The van der Waals surface area contributed by atoms with Crippen LogP contribution >= 0.6 is 0 Å². The van der Waals surface area contributed by atoms with Crippen LogP contribution in [0.25, 0.3) is 0 Å². The lowest BCUT2D eigenvalue weighted by atomic mass is 9.87. The number of piperidine rings is 1. The highest BCUT2D eigenvalue weighted by Gasteiger charge is 2.20. The Kier molecular flexibility index (Phi) is 4.74. The Morgan fingerprint density at radius 1 is 1.04 bits per heavy atom. The van der Waals surface area contributed by atoms with Crippen LogP contribution in [0.1, 0.15) is 44.9 Å². The molecule has 0 amide bonds. The lowest BCUT2D eigenvalue weighted by Crippen LogP contribution is -2.39. The molecule has 0 spiro atoms. The molecule has 0 atom stereocenters. The van der Waals surface area contributed by atoms with Crippen LogP contribution in [0, 0.1) is 6.92 Å². The summed E-state index contributed by atoms with van der Waals surface area (Å²) in [5.41, 5.74) is 3.94. The summed E-state index contributed by atoms with van der Waals surface area (Å²) in [4.78, 5) is 10.9. The summed E-state index contributed by atoms with van der Waals surface area (Å²) in [6.45, 7) is 10.9. The number of hydrogen-bond donors (Lipinski definition) is 1. The molecule has 2 heterocycles. The molecule has 0 saturated carbocycles. The molecule has 0 aliphatic carbocycles. The number of nitrogens with zero attached hydrogens (tertiary/aromatic N) is 3. The first-order valence-corrected chi connectivity index (χ1v) is 8.82. The van der Waals surface area contributed by atoms with Crippen molar-refractivity contribution in [2.24, 2.45) is 0 Å². The van der Waals surface area contributed by atoms with Crippen molar-refractivity contribution < 1.29 is 0 Å². The van der Waals surface area contributed by atoms with Gasteiger partial charge in [0.05, 0.1) is 0 Å². The SMILES string of the molecule is Cc1cc(NC2CCN(c3ccc(C(C)(C)C)cc3)CC2)ncn1. The Morgan fingerprint density at radius 2 is 1.71 bits per heavy atom. The average molecular weight is 324 g/mol. The fourth-order valence-corrected chi connectivity index (χ4v) is 3.20. The Bertz CT molecular complexity index is 665. The molecule has 4 heteroatoms. The number of hydrogen-bond acceptors (Lipinski definition) is 4. The van der Waals surface area contributed by atoms with Crippen LogP contribution in [0.5, 0.6) is 0 Å². The van der Waals surface area contributed by atoms with Crippen molar-refractivity contribution in [3.05, 3.63) is 47.9 Å². The molecule has 0 unspecified atom stereocenters. The van der Waals surface area contributed by atoms with E-state index in [4.69, 9.17) is 0 Å². The van der Waals surface area contributed by atoms with Gasteiger partial charge in [0.15, 0.2) is 0 Å². The zero-order chi connectivity index (χ0) is 17.2. The van der Waals surface area contributed by atoms with Gasteiger partial charge in [-0.2, -0.15) is 0 Å². The molecule has 1 aliphatic heterocycles. The smallest absolute Gasteiger partial charge is 0.129 e. The normalized spacial score (nSPS) is 16.2. The molecular weight excluding hydrogens is 296 g/mol. The van der Waals surface area contributed by atoms with Crippen molar-refractivity contribution in [3.63, 3.8) is 0 Å². The van der Waals surface area contributed by atoms with E-state index in [9.17, 15) is 0 Å². The van der Waals surface area contributed by atoms with Gasteiger partial charge in [0.1, 0.15) is 12.1 Å². The first-order chi connectivity index (χ1) is 11.4. The van der Waals surface area contributed by atoms with Gasteiger partial charge < -0.3 is 10.2 Å². The minimum Gasteiger partial charge on any atom is -0.371 e. The van der Waals surface area contributed by atoms with E-state index in [-0.39, 0.29) is 5.41 Å². The highest BCUT2D eigenvalue weighted by Crippen LogP contribution is 2.26. The van der Waals surface area contributed by atoms with Gasteiger partial charge in [-0.25, -0.2) is 9.97 Å². The van der Waals surface area contributed by atoms with Gasteiger partial charge in [-0.1, -0.05) is 32.9 Å². The number of benzene rings is 1. The van der Waals surface area contributed by atoms with Crippen molar-refractivity contribution in [1.82, 2.24) is 9.97 Å². The second-order valence-corrected chi connectivity index (χ2v) is 7.75. The number of anilines is 2. The molecule has 0 bridgehead atoms. The van der Waals surface area contributed by atoms with Gasteiger partial charge in [0.25, 0.3) is 0 Å². The van der Waals surface area contributed by atoms with Gasteiger partial charge in [-0.3, -0.25) is 0 Å². The van der Waals surface area contributed by atoms with Gasteiger partial charge >= 0.3 is 0 Å². The third kappa shape index (κ3) is 4.05. The van der Waals surface area contributed by atoms with E-state index in [0.717, 1.165) is 37.4 Å². The van der Waals surface area contributed by atoms with Crippen molar-refractivity contribution in [3.8, 4) is 0 Å². The van der Waals surface area contributed by atoms with E-state index in [1.807, 2.05) is 13.0 Å². The van der Waals surface area contributed by atoms with E-state index in [1.54, 1.807) is 6.33 Å². The quantitative estimate of drug-likeness (QED) is 0.920. The fraction of sp³-hybridized carbons (Fsp3) is 0.500. The van der Waals surface area contributed by atoms with Crippen LogP contribution in [0.2, 0.25) is 0 Å². The highest BCUT2D eigenvalue weighted by molar-refractivity contribution is 5.49. The van der Waals surface area contributed by atoms with E-state index < -0.39 is 0 Å². The van der Waals surface area contributed by atoms with Crippen LogP contribution in [0.4, 0.5) is 11.5 Å². The molecule has 1 aromatic carbocycles. The van der Waals surface area contributed by atoms with Gasteiger partial charge in [-0.05, 0) is 42.9 Å². The van der Waals surface area contributed by atoms with E-state index in [2.05, 4.69) is 65.2 Å². The third-order valence-corrected chi connectivity index (χ3v) is 4.75. The summed E-state index contributed by atoms with van der Waals surface area (Å²) in [6, 6.07) is 11.6. The summed E-state index contributed by atoms with van der Waals surface area (Å²) < 4.78 is 0. The number of aryl methyl sites for hydroxylation is 1. The van der Waals surface area contributed by atoms with E-state index in [0.29, 0.717) is 6.04 Å². The zero-order valence-electron chi connectivity index (χ0n) is 15.2. The van der Waals surface area contributed by atoms with Crippen molar-refractivity contribution in [2.45, 2.75) is 52.0 Å². The lowest BCUT2D eigenvalue weighted by Gasteiger charge is -2.34. The standard InChI is InChI=1S/C20H28N4/c1-15-13-19(22-14-21-15)23-17-9-11-24(12-10-17)18-7-5-16(6-8-18)20(2,3)4/h5-8,13-14,17H,9-12H2,1-4H3,(H,21,22,23). The topological polar surface area (TPSA) is 41.0 Å². The maximum atomic E-state index is 4.31. The maximum Gasteiger partial charge on any atom is 0.129 e. The Labute approximate surface area is 145 Å². The monoisotopic (exact) mass is 324 g/mol. The second-order valence-electron chi connectivity index (χ2n) is 7.75. The predicted octanol–water partition coefficient (Wildman–Crippen LogP) is 4.16. The van der Waals surface area contributed by atoms with Crippen LogP contribution in [-0.2, 0) is 5.41 Å². The van der Waals surface area contributed by atoms with E-state index >= 15 is 0 Å². The Morgan fingerprint density at radius 3 is 2.29 bits per heavy atom. The molecule has 1 aliphatic rings. The minimum atomic E-state index is 0.213. The predicted molar refractivity (Wildman–Crippen MR) is 101 cm³/mol. The van der Waals surface area contributed by atoms with Crippen molar-refractivity contribution in [1.29, 1.82) is 0 Å². The zero-order valence-corrected chi connectivity index (χ0v) is 15.2. The molecule has 128 valence electrons. The highest BCUT2D eigenvalue weighted by atomic mass is 15.2. The minimum absolute atomic E-state index is 0.213. The van der Waals surface area contributed by atoms with E-state index in [1.165, 1.54) is 11.3 Å². The average Bonchev–Trinajstić information content (AvgIpc) is 2.55. The number of rotatable bonds is 3. The van der Waals surface area contributed by atoms with Crippen LogP contribution < -0.4 is 10.2 Å². The second kappa shape index (κ2) is 6.80. The first kappa shape index (κ1) is 16.7. The van der Waals surface area contributed by atoms with Crippen molar-refractivity contribution in [2.75, 3.05) is 23.3 Å². The molecule has 24 heavy (non-hydrogen) atoms. The van der Waals surface area contributed by atoms with Gasteiger partial charge in [0, 0.05) is 36.6 Å². The molecule has 4 nitrogen and oxygen atoms in total. The molecule has 2 aromatic rings. The van der Waals surface area contributed by atoms with Crippen molar-refractivity contribution >= 4 is 11.5 Å². The molecule has 1 saturated heterocycles. The molecule has 1 aromatic heterocycles. The molecular formula is C20H28N4. The fourth-order valence-electron chi connectivity index (χ4n) is 3.20. The van der Waals surface area contributed by atoms with Crippen LogP contribution in [-0.4, -0.2) is 29.1 Å². The summed E-state index contributed by atoms with van der Waals surface area (Å²) in [5.74, 6) is 0.940. The summed E-state index contributed by atoms with van der Waals surface area (Å²) in [6.07, 6.45) is 3.89. The number of nitrogens with one attached hydrogen (secondary N) is 1. The Hall–Kier alpha value is -2.10. The van der Waals surface area contributed by atoms with Gasteiger partial charge in [0.2, 0.25) is 0 Å². The molecule has 1 fully saturated rings. The summed E-state index contributed by atoms with van der Waals surface area (Å²) >= 11 is 0.